The van der Waals surface area contributed by atoms with E-state index in [9.17, 15) is 14.4 Å². The molecule has 1 atom stereocenters. The fraction of sp³-hybridized carbons (Fsp3) is 0.400. The first-order valence-electron chi connectivity index (χ1n) is 10.6. The van der Waals surface area contributed by atoms with Gasteiger partial charge in [-0.1, -0.05) is 48.5 Å². The first-order chi connectivity index (χ1) is 15.0. The van der Waals surface area contributed by atoms with Crippen LogP contribution in [0.25, 0.3) is 0 Å². The van der Waals surface area contributed by atoms with Crippen molar-refractivity contribution in [3.63, 3.8) is 0 Å². The number of aryl methyl sites for hydroxylation is 2. The van der Waals surface area contributed by atoms with Gasteiger partial charge in [-0.15, -0.1) is 0 Å². The number of nitrogens with one attached hydrogen (secondary N) is 2. The molecule has 0 aliphatic rings. The summed E-state index contributed by atoms with van der Waals surface area (Å²) in [5, 5.41) is 5.41. The molecule has 2 N–H and O–H groups in total. The van der Waals surface area contributed by atoms with E-state index in [1.54, 1.807) is 27.8 Å². The van der Waals surface area contributed by atoms with Gasteiger partial charge in [0.1, 0.15) is 18.2 Å². The van der Waals surface area contributed by atoms with Crippen LogP contribution in [-0.4, -0.2) is 42.0 Å². The minimum Gasteiger partial charge on any atom is -0.444 e. The summed E-state index contributed by atoms with van der Waals surface area (Å²) in [6, 6.07) is 14.5. The number of carbonyl (C=O) groups excluding carboxylic acids is 3. The first kappa shape index (κ1) is 24.9. The van der Waals surface area contributed by atoms with Crippen LogP contribution in [0.15, 0.2) is 48.5 Å². The van der Waals surface area contributed by atoms with Gasteiger partial charge in [0, 0.05) is 13.6 Å². The molecule has 0 spiro atoms. The van der Waals surface area contributed by atoms with Crippen LogP contribution in [0.2, 0.25) is 0 Å². The van der Waals surface area contributed by atoms with Crippen LogP contribution in [0.4, 0.5) is 4.79 Å². The molecule has 32 heavy (non-hydrogen) atoms. The third-order valence-corrected chi connectivity index (χ3v) is 4.94. The number of amides is 3. The van der Waals surface area contributed by atoms with Crippen molar-refractivity contribution in [1.29, 1.82) is 0 Å². The number of nitrogens with zero attached hydrogens (tertiary/aromatic N) is 1. The summed E-state index contributed by atoms with van der Waals surface area (Å²) in [4.78, 5) is 39.5. The average molecular weight is 440 g/mol. The second kappa shape index (κ2) is 10.8. The van der Waals surface area contributed by atoms with E-state index in [1.807, 2.05) is 62.4 Å². The highest BCUT2D eigenvalue weighted by molar-refractivity contribution is 5.90. The zero-order chi connectivity index (χ0) is 23.9. The number of benzene rings is 2. The molecule has 7 nitrogen and oxygen atoms in total. The molecule has 1 unspecified atom stereocenters. The van der Waals surface area contributed by atoms with Crippen molar-refractivity contribution in [3.8, 4) is 0 Å². The number of hydrogen-bond donors (Lipinski definition) is 2. The van der Waals surface area contributed by atoms with Crippen LogP contribution in [0.3, 0.4) is 0 Å². The zero-order valence-corrected chi connectivity index (χ0v) is 19.7. The largest absolute Gasteiger partial charge is 0.444 e. The molecule has 0 saturated carbocycles. The Kier molecular flexibility index (Phi) is 8.41. The molecule has 0 fully saturated rings. The number of rotatable bonds is 7. The monoisotopic (exact) mass is 439 g/mol. The predicted molar refractivity (Wildman–Crippen MR) is 124 cm³/mol. The summed E-state index contributed by atoms with van der Waals surface area (Å²) in [7, 11) is 1.57. The smallest absolute Gasteiger partial charge is 0.408 e. The van der Waals surface area contributed by atoms with Gasteiger partial charge in [-0.2, -0.15) is 0 Å². The minimum atomic E-state index is -0.840. The van der Waals surface area contributed by atoms with Crippen LogP contribution in [0, 0.1) is 13.8 Å². The third kappa shape index (κ3) is 7.11. The Morgan fingerprint density at radius 2 is 1.53 bits per heavy atom. The van der Waals surface area contributed by atoms with Gasteiger partial charge >= 0.3 is 6.09 Å². The first-order valence-corrected chi connectivity index (χ1v) is 10.6. The lowest BCUT2D eigenvalue weighted by molar-refractivity contribution is -0.138. The topological polar surface area (TPSA) is 87.7 Å². The molecule has 0 bridgehead atoms. The van der Waals surface area contributed by atoms with Gasteiger partial charge in [0.25, 0.3) is 0 Å². The standard InChI is InChI=1S/C25H33N3O4/c1-17-11-10-12-18(2)21(17)22(23(30)26-15-19-13-8-7-9-14-19)28(6)20(29)16-27-24(31)32-25(3,4)5/h7-14,22H,15-16H2,1-6H3,(H,26,30)(H,27,31). The molecule has 2 aromatic rings. The Bertz CT molecular complexity index is 931. The van der Waals surface area contributed by atoms with Crippen LogP contribution in [0.1, 0.15) is 49.1 Å². The summed E-state index contributed by atoms with van der Waals surface area (Å²) in [5.74, 6) is -0.697. The molecule has 172 valence electrons. The van der Waals surface area contributed by atoms with E-state index in [0.29, 0.717) is 6.54 Å². The second-order valence-corrected chi connectivity index (χ2v) is 8.77. The molecular formula is C25H33N3O4. The average Bonchev–Trinajstić information content (AvgIpc) is 2.72. The molecule has 0 aliphatic heterocycles. The molecule has 7 heteroatoms. The number of alkyl carbamates (subject to hydrolysis) is 1. The fourth-order valence-corrected chi connectivity index (χ4v) is 3.37. The van der Waals surface area contributed by atoms with Crippen LogP contribution in [-0.2, 0) is 20.9 Å². The molecule has 0 saturated heterocycles. The highest BCUT2D eigenvalue weighted by Gasteiger charge is 2.31. The molecule has 0 aromatic heterocycles. The Labute approximate surface area is 190 Å². The van der Waals surface area contributed by atoms with E-state index in [4.69, 9.17) is 4.74 Å². The van der Waals surface area contributed by atoms with Gasteiger partial charge in [0.2, 0.25) is 11.8 Å². The Morgan fingerprint density at radius 1 is 0.938 bits per heavy atom. The minimum absolute atomic E-state index is 0.279. The molecule has 0 heterocycles. The van der Waals surface area contributed by atoms with Crippen LogP contribution < -0.4 is 10.6 Å². The van der Waals surface area contributed by atoms with E-state index < -0.39 is 23.6 Å². The predicted octanol–water partition coefficient (Wildman–Crippen LogP) is 3.64. The normalized spacial score (nSPS) is 11.9. The molecule has 2 aromatic carbocycles. The maximum absolute atomic E-state index is 13.3. The van der Waals surface area contributed by atoms with Crippen molar-refractivity contribution in [2.45, 2.75) is 52.8 Å². The number of likely N-dealkylation sites (N-methyl/N-ethyl adjacent to an activating group) is 1. The highest BCUT2D eigenvalue weighted by Crippen LogP contribution is 2.27. The molecule has 0 aliphatic carbocycles. The summed E-state index contributed by atoms with van der Waals surface area (Å²) < 4.78 is 5.19. The third-order valence-electron chi connectivity index (χ3n) is 4.94. The van der Waals surface area contributed by atoms with Crippen molar-refractivity contribution >= 4 is 17.9 Å². The van der Waals surface area contributed by atoms with Gasteiger partial charge in [0.05, 0.1) is 0 Å². The summed E-state index contributed by atoms with van der Waals surface area (Å²) in [6.45, 7) is 9.13. The number of ether oxygens (including phenoxy) is 1. The van der Waals surface area contributed by atoms with E-state index in [-0.39, 0.29) is 12.5 Å². The zero-order valence-electron chi connectivity index (χ0n) is 19.7. The lowest BCUT2D eigenvalue weighted by Gasteiger charge is -2.30. The SMILES string of the molecule is Cc1cccc(C)c1C(C(=O)NCc1ccccc1)N(C)C(=O)CNC(=O)OC(C)(C)C. The van der Waals surface area contributed by atoms with Crippen molar-refractivity contribution in [3.05, 3.63) is 70.8 Å². The van der Waals surface area contributed by atoms with Crippen molar-refractivity contribution in [1.82, 2.24) is 15.5 Å². The van der Waals surface area contributed by atoms with E-state index in [0.717, 1.165) is 22.3 Å². The maximum atomic E-state index is 13.3. The Balaban J connectivity index is 2.20. The van der Waals surface area contributed by atoms with Gasteiger partial charge in [-0.3, -0.25) is 9.59 Å². The fourth-order valence-electron chi connectivity index (χ4n) is 3.37. The van der Waals surface area contributed by atoms with Gasteiger partial charge in [0.15, 0.2) is 0 Å². The lowest BCUT2D eigenvalue weighted by atomic mass is 9.94. The summed E-state index contributed by atoms with van der Waals surface area (Å²) >= 11 is 0. The van der Waals surface area contributed by atoms with Crippen LogP contribution in [0.5, 0.6) is 0 Å². The molecule has 3 amide bonds. The van der Waals surface area contributed by atoms with E-state index >= 15 is 0 Å². The summed E-state index contributed by atoms with van der Waals surface area (Å²) in [6.07, 6.45) is -0.684. The maximum Gasteiger partial charge on any atom is 0.408 e. The van der Waals surface area contributed by atoms with E-state index in [1.165, 1.54) is 4.90 Å². The van der Waals surface area contributed by atoms with Gasteiger partial charge < -0.3 is 20.3 Å². The van der Waals surface area contributed by atoms with Gasteiger partial charge in [-0.05, 0) is 56.9 Å². The number of carbonyl (C=O) groups is 3. The number of hydrogen-bond acceptors (Lipinski definition) is 4. The quantitative estimate of drug-likeness (QED) is 0.689. The second-order valence-electron chi connectivity index (χ2n) is 8.77. The van der Waals surface area contributed by atoms with Crippen LogP contribution >= 0.6 is 0 Å². The Morgan fingerprint density at radius 3 is 2.09 bits per heavy atom. The van der Waals surface area contributed by atoms with Crippen molar-refractivity contribution in [2.75, 3.05) is 13.6 Å². The Hall–Kier alpha value is -3.35. The molecule has 2 rings (SSSR count). The highest BCUT2D eigenvalue weighted by atomic mass is 16.6. The van der Waals surface area contributed by atoms with E-state index in [2.05, 4.69) is 10.6 Å². The van der Waals surface area contributed by atoms with Crippen molar-refractivity contribution in [2.24, 2.45) is 0 Å². The molecule has 0 radical (unpaired) electrons. The lowest BCUT2D eigenvalue weighted by Crippen LogP contribution is -2.46. The van der Waals surface area contributed by atoms with Gasteiger partial charge in [-0.25, -0.2) is 4.79 Å². The molecular weight excluding hydrogens is 406 g/mol. The van der Waals surface area contributed by atoms with Crippen molar-refractivity contribution < 1.29 is 19.1 Å². The summed E-state index contributed by atoms with van der Waals surface area (Å²) in [5.41, 5.74) is 2.87.